The predicted octanol–water partition coefficient (Wildman–Crippen LogP) is 6.17. The van der Waals surface area contributed by atoms with E-state index in [0.29, 0.717) is 6.04 Å². The van der Waals surface area contributed by atoms with Gasteiger partial charge in [0, 0.05) is 32.2 Å². The fourth-order valence-electron chi connectivity index (χ4n) is 5.48. The zero-order valence-electron chi connectivity index (χ0n) is 16.6. The lowest BCUT2D eigenvalue weighted by atomic mass is 9.75. The maximum Gasteiger partial charge on any atom is 0.0383 e. The van der Waals surface area contributed by atoms with Crippen molar-refractivity contribution < 1.29 is 0 Å². The Morgan fingerprint density at radius 2 is 1.38 bits per heavy atom. The highest BCUT2D eigenvalue weighted by atomic mass is 35.5. The summed E-state index contributed by atoms with van der Waals surface area (Å²) in [4.78, 5) is 2.76. The molecule has 0 spiro atoms. The SMILES string of the molecule is Cl.Cl.c1cc2ccc3ccc([C@H](C4CCC4)N4CCNCC4)c4ccc(c1)c2c34. The van der Waals surface area contributed by atoms with Crippen LogP contribution in [0.1, 0.15) is 30.9 Å². The second kappa shape index (κ2) is 8.28. The van der Waals surface area contributed by atoms with E-state index in [1.165, 1.54) is 64.7 Å². The summed E-state index contributed by atoms with van der Waals surface area (Å²) in [6.07, 6.45) is 4.17. The molecular weight excluding hydrogens is 399 g/mol. The Morgan fingerprint density at radius 3 is 2.03 bits per heavy atom. The minimum Gasteiger partial charge on any atom is -0.314 e. The molecule has 1 heterocycles. The molecule has 1 saturated heterocycles. The Hall–Kier alpha value is -1.58. The van der Waals surface area contributed by atoms with E-state index in [2.05, 4.69) is 64.8 Å². The van der Waals surface area contributed by atoms with E-state index in [1.807, 2.05) is 0 Å². The molecular formula is C25H28Cl2N2. The predicted molar refractivity (Wildman–Crippen MR) is 129 cm³/mol. The smallest absolute Gasteiger partial charge is 0.0383 e. The van der Waals surface area contributed by atoms with Gasteiger partial charge in [-0.2, -0.15) is 0 Å². The summed E-state index contributed by atoms with van der Waals surface area (Å²) >= 11 is 0. The van der Waals surface area contributed by atoms with Gasteiger partial charge < -0.3 is 5.32 Å². The first-order chi connectivity index (χ1) is 13.4. The van der Waals surface area contributed by atoms with E-state index in [0.717, 1.165) is 19.0 Å². The monoisotopic (exact) mass is 426 g/mol. The maximum absolute atomic E-state index is 3.53. The van der Waals surface area contributed by atoms with Crippen LogP contribution in [0.2, 0.25) is 0 Å². The zero-order valence-corrected chi connectivity index (χ0v) is 18.2. The molecule has 1 N–H and O–H groups in total. The normalized spacial score (nSPS) is 19.0. The minimum atomic E-state index is 0. The quantitative estimate of drug-likeness (QED) is 0.393. The first kappa shape index (κ1) is 20.7. The Kier molecular flexibility index (Phi) is 5.90. The first-order valence-corrected chi connectivity index (χ1v) is 10.5. The van der Waals surface area contributed by atoms with Crippen molar-refractivity contribution >= 4 is 57.1 Å². The van der Waals surface area contributed by atoms with Gasteiger partial charge in [0.05, 0.1) is 0 Å². The maximum atomic E-state index is 3.53. The van der Waals surface area contributed by atoms with Gasteiger partial charge in [0.15, 0.2) is 0 Å². The molecule has 152 valence electrons. The number of hydrogen-bond acceptors (Lipinski definition) is 2. The van der Waals surface area contributed by atoms with E-state index in [-0.39, 0.29) is 24.8 Å². The topological polar surface area (TPSA) is 15.3 Å². The fraction of sp³-hybridized carbons (Fsp3) is 0.360. The molecule has 2 nitrogen and oxygen atoms in total. The van der Waals surface area contributed by atoms with Crippen LogP contribution in [0.15, 0.2) is 54.6 Å². The highest BCUT2D eigenvalue weighted by Gasteiger charge is 2.34. The third-order valence-electron chi connectivity index (χ3n) is 7.02. The Morgan fingerprint density at radius 1 is 0.759 bits per heavy atom. The van der Waals surface area contributed by atoms with Crippen LogP contribution in [0.25, 0.3) is 32.3 Å². The van der Waals surface area contributed by atoms with Crippen LogP contribution in [0.4, 0.5) is 0 Å². The molecule has 2 fully saturated rings. The Labute approximate surface area is 184 Å². The molecule has 1 aliphatic heterocycles. The lowest BCUT2D eigenvalue weighted by molar-refractivity contribution is 0.0847. The summed E-state index contributed by atoms with van der Waals surface area (Å²) in [7, 11) is 0. The standard InChI is InChI=1S/C25H26N2.2ClH/c1-3-17-7-8-19-10-12-22(21-11-9-18(4-1)23(17)24(19)21)25(20-5-2-6-20)27-15-13-26-14-16-27;;/h1,3-4,7-12,20,25-26H,2,5-6,13-16H2;2*1H/t25-;;/m0../s1. The summed E-state index contributed by atoms with van der Waals surface area (Å²) in [5.41, 5.74) is 1.56. The van der Waals surface area contributed by atoms with Crippen LogP contribution in [-0.4, -0.2) is 31.1 Å². The Bertz CT molecular complexity index is 1100. The van der Waals surface area contributed by atoms with Crippen molar-refractivity contribution in [3.8, 4) is 0 Å². The molecule has 6 rings (SSSR count). The van der Waals surface area contributed by atoms with Crippen LogP contribution < -0.4 is 5.32 Å². The molecule has 0 unspecified atom stereocenters. The summed E-state index contributed by atoms with van der Waals surface area (Å²) in [5.74, 6) is 0.821. The number of piperazine rings is 1. The van der Waals surface area contributed by atoms with Gasteiger partial charge in [0.25, 0.3) is 0 Å². The number of rotatable bonds is 3. The van der Waals surface area contributed by atoms with Gasteiger partial charge in [-0.05, 0) is 56.6 Å². The van der Waals surface area contributed by atoms with Crippen molar-refractivity contribution in [2.75, 3.05) is 26.2 Å². The van der Waals surface area contributed by atoms with Gasteiger partial charge in [0.1, 0.15) is 0 Å². The number of hydrogen-bond donors (Lipinski definition) is 1. The zero-order chi connectivity index (χ0) is 17.8. The fourth-order valence-corrected chi connectivity index (χ4v) is 5.48. The lowest BCUT2D eigenvalue weighted by Gasteiger charge is -2.43. The first-order valence-electron chi connectivity index (χ1n) is 10.5. The molecule has 1 atom stereocenters. The molecule has 1 saturated carbocycles. The van der Waals surface area contributed by atoms with Gasteiger partial charge in [-0.25, -0.2) is 0 Å². The van der Waals surface area contributed by atoms with Gasteiger partial charge in [0.2, 0.25) is 0 Å². The molecule has 1 aliphatic carbocycles. The van der Waals surface area contributed by atoms with Crippen molar-refractivity contribution in [3.63, 3.8) is 0 Å². The average Bonchev–Trinajstić information content (AvgIpc) is 2.69. The van der Waals surface area contributed by atoms with Gasteiger partial charge in [-0.3, -0.25) is 4.90 Å². The van der Waals surface area contributed by atoms with Crippen LogP contribution >= 0.6 is 24.8 Å². The van der Waals surface area contributed by atoms with E-state index >= 15 is 0 Å². The minimum absolute atomic E-state index is 0. The molecule has 0 radical (unpaired) electrons. The summed E-state index contributed by atoms with van der Waals surface area (Å²) in [6, 6.07) is 21.4. The van der Waals surface area contributed by atoms with E-state index in [4.69, 9.17) is 0 Å². The summed E-state index contributed by atoms with van der Waals surface area (Å²) in [6.45, 7) is 4.58. The molecule has 4 heteroatoms. The van der Waals surface area contributed by atoms with Crippen molar-refractivity contribution in [1.82, 2.24) is 10.2 Å². The summed E-state index contributed by atoms with van der Waals surface area (Å²) in [5, 5.41) is 12.0. The molecule has 4 aromatic carbocycles. The molecule has 0 amide bonds. The van der Waals surface area contributed by atoms with Gasteiger partial charge in [-0.1, -0.05) is 61.0 Å². The van der Waals surface area contributed by atoms with Crippen LogP contribution in [0.3, 0.4) is 0 Å². The van der Waals surface area contributed by atoms with Crippen LogP contribution in [0, 0.1) is 5.92 Å². The number of nitrogens with zero attached hydrogens (tertiary/aromatic N) is 1. The van der Waals surface area contributed by atoms with Crippen LogP contribution in [0.5, 0.6) is 0 Å². The third kappa shape index (κ3) is 3.27. The molecule has 0 aromatic heterocycles. The molecule has 4 aromatic rings. The third-order valence-corrected chi connectivity index (χ3v) is 7.02. The molecule has 2 aliphatic rings. The van der Waals surface area contributed by atoms with E-state index in [1.54, 1.807) is 5.56 Å². The van der Waals surface area contributed by atoms with Crippen molar-refractivity contribution in [2.24, 2.45) is 5.92 Å². The van der Waals surface area contributed by atoms with Gasteiger partial charge >= 0.3 is 0 Å². The molecule has 0 bridgehead atoms. The summed E-state index contributed by atoms with van der Waals surface area (Å²) < 4.78 is 0. The molecule has 29 heavy (non-hydrogen) atoms. The van der Waals surface area contributed by atoms with Crippen molar-refractivity contribution in [1.29, 1.82) is 0 Å². The number of benzene rings is 4. The van der Waals surface area contributed by atoms with Crippen LogP contribution in [-0.2, 0) is 0 Å². The number of halogens is 2. The van der Waals surface area contributed by atoms with Gasteiger partial charge in [-0.15, -0.1) is 24.8 Å². The second-order valence-electron chi connectivity index (χ2n) is 8.43. The highest BCUT2D eigenvalue weighted by molar-refractivity contribution is 6.23. The largest absolute Gasteiger partial charge is 0.314 e. The Balaban J connectivity index is 0.00000102. The van der Waals surface area contributed by atoms with E-state index in [9.17, 15) is 0 Å². The number of nitrogens with one attached hydrogen (secondary N) is 1. The van der Waals surface area contributed by atoms with E-state index < -0.39 is 0 Å². The van der Waals surface area contributed by atoms with Crippen molar-refractivity contribution in [2.45, 2.75) is 25.3 Å². The second-order valence-corrected chi connectivity index (χ2v) is 8.43. The lowest BCUT2D eigenvalue weighted by Crippen LogP contribution is -2.47. The average molecular weight is 427 g/mol. The van der Waals surface area contributed by atoms with Crippen molar-refractivity contribution in [3.05, 3.63) is 60.2 Å². The highest BCUT2D eigenvalue weighted by Crippen LogP contribution is 2.45.